The van der Waals surface area contributed by atoms with E-state index in [2.05, 4.69) is 37.8 Å². The molecule has 29 heavy (non-hydrogen) atoms. The fourth-order valence-corrected chi connectivity index (χ4v) is 4.38. The molecule has 0 aliphatic heterocycles. The molecule has 0 N–H and O–H groups in total. The molecule has 0 fully saturated rings. The number of benzene rings is 2. The third-order valence-electron chi connectivity index (χ3n) is 5.25. The minimum absolute atomic E-state index is 0.000767. The molecule has 0 atom stereocenters. The Balaban J connectivity index is 1.94. The zero-order chi connectivity index (χ0) is 21.0. The van der Waals surface area contributed by atoms with Gasteiger partial charge in [-0.1, -0.05) is 37.3 Å². The van der Waals surface area contributed by atoms with E-state index >= 15 is 0 Å². The first-order valence-electron chi connectivity index (χ1n) is 10.1. The van der Waals surface area contributed by atoms with Crippen LogP contribution in [0, 0.1) is 6.92 Å². The predicted molar refractivity (Wildman–Crippen MR) is 125 cm³/mol. The summed E-state index contributed by atoms with van der Waals surface area (Å²) in [5.41, 5.74) is 3.88. The van der Waals surface area contributed by atoms with E-state index in [4.69, 9.17) is 4.98 Å². The maximum Gasteiger partial charge on any atom is 0.260 e. The SMILES string of the molecule is CCN(CC)CCN(C(=O)c1ccc(N(C)C)cc1)c1nc2c(C)cccc2s1. The van der Waals surface area contributed by atoms with Gasteiger partial charge in [-0.05, 0) is 55.9 Å². The first-order chi connectivity index (χ1) is 13.9. The van der Waals surface area contributed by atoms with Crippen molar-refractivity contribution in [1.82, 2.24) is 9.88 Å². The minimum atomic E-state index is -0.000767. The molecule has 0 spiro atoms. The molecular weight excluding hydrogens is 380 g/mol. The van der Waals surface area contributed by atoms with Crippen LogP contribution >= 0.6 is 11.3 Å². The van der Waals surface area contributed by atoms with Crippen molar-refractivity contribution in [3.05, 3.63) is 53.6 Å². The topological polar surface area (TPSA) is 39.7 Å². The summed E-state index contributed by atoms with van der Waals surface area (Å²) in [4.78, 5) is 24.5. The summed E-state index contributed by atoms with van der Waals surface area (Å²) in [6.07, 6.45) is 0. The summed E-state index contributed by atoms with van der Waals surface area (Å²) in [6.45, 7) is 9.74. The Kier molecular flexibility index (Phi) is 6.87. The molecule has 0 aliphatic rings. The normalized spacial score (nSPS) is 11.2. The highest BCUT2D eigenvalue weighted by molar-refractivity contribution is 7.22. The highest BCUT2D eigenvalue weighted by atomic mass is 32.1. The van der Waals surface area contributed by atoms with E-state index in [-0.39, 0.29) is 5.91 Å². The van der Waals surface area contributed by atoms with Crippen LogP contribution < -0.4 is 9.80 Å². The third-order valence-corrected chi connectivity index (χ3v) is 6.29. The van der Waals surface area contributed by atoms with Crippen molar-refractivity contribution in [2.45, 2.75) is 20.8 Å². The lowest BCUT2D eigenvalue weighted by molar-refractivity contribution is 0.0984. The molecule has 3 aromatic rings. The van der Waals surface area contributed by atoms with E-state index in [1.807, 2.05) is 54.2 Å². The Morgan fingerprint density at radius 2 is 1.69 bits per heavy atom. The van der Waals surface area contributed by atoms with Gasteiger partial charge in [0.15, 0.2) is 5.13 Å². The average molecular weight is 411 g/mol. The van der Waals surface area contributed by atoms with E-state index in [0.29, 0.717) is 12.1 Å². The number of hydrogen-bond donors (Lipinski definition) is 0. The van der Waals surface area contributed by atoms with E-state index in [1.165, 1.54) is 0 Å². The first kappa shape index (κ1) is 21.3. The highest BCUT2D eigenvalue weighted by Gasteiger charge is 2.22. The second kappa shape index (κ2) is 9.37. The third kappa shape index (κ3) is 4.77. The molecular formula is C23H30N4OS. The van der Waals surface area contributed by atoms with Crippen LogP contribution in [-0.2, 0) is 0 Å². The summed E-state index contributed by atoms with van der Waals surface area (Å²) in [5, 5.41) is 0.767. The lowest BCUT2D eigenvalue weighted by Gasteiger charge is -2.25. The Bertz CT molecular complexity index is 961. The summed E-state index contributed by atoms with van der Waals surface area (Å²) < 4.78 is 1.11. The monoisotopic (exact) mass is 410 g/mol. The van der Waals surface area contributed by atoms with Crippen molar-refractivity contribution >= 4 is 38.3 Å². The number of hydrogen-bond acceptors (Lipinski definition) is 5. The zero-order valence-corrected chi connectivity index (χ0v) is 18.8. The van der Waals surface area contributed by atoms with E-state index in [1.54, 1.807) is 11.3 Å². The Hall–Kier alpha value is -2.44. The summed E-state index contributed by atoms with van der Waals surface area (Å²) in [5.74, 6) is -0.000767. The van der Waals surface area contributed by atoms with Crippen LogP contribution in [0.3, 0.4) is 0 Å². The number of anilines is 2. The zero-order valence-electron chi connectivity index (χ0n) is 18.0. The standard InChI is InChI=1S/C23H30N4OS/c1-6-26(7-2)15-16-27(22(28)18-11-13-19(14-12-18)25(4)5)23-24-21-17(3)9-8-10-20(21)29-23/h8-14H,6-7,15-16H2,1-5H3. The predicted octanol–water partition coefficient (Wildman–Crippen LogP) is 4.66. The number of aryl methyl sites for hydroxylation is 1. The maximum atomic E-state index is 13.4. The van der Waals surface area contributed by atoms with Gasteiger partial charge < -0.3 is 9.80 Å². The van der Waals surface area contributed by atoms with Gasteiger partial charge in [0.05, 0.1) is 10.2 Å². The number of carbonyl (C=O) groups excluding carboxylic acids is 1. The molecule has 0 bridgehead atoms. The molecule has 1 aromatic heterocycles. The fourth-order valence-electron chi connectivity index (χ4n) is 3.31. The average Bonchev–Trinajstić information content (AvgIpc) is 3.16. The number of fused-ring (bicyclic) bond motifs is 1. The minimum Gasteiger partial charge on any atom is -0.378 e. The molecule has 0 saturated heterocycles. The largest absolute Gasteiger partial charge is 0.378 e. The molecule has 3 rings (SSSR count). The molecule has 0 radical (unpaired) electrons. The number of carbonyl (C=O) groups is 1. The fraction of sp³-hybridized carbons (Fsp3) is 0.391. The van der Waals surface area contributed by atoms with Crippen LogP contribution in [0.5, 0.6) is 0 Å². The van der Waals surface area contributed by atoms with Gasteiger partial charge in [0, 0.05) is 38.4 Å². The molecule has 154 valence electrons. The van der Waals surface area contributed by atoms with Crippen LogP contribution in [0.1, 0.15) is 29.8 Å². The molecule has 2 aromatic carbocycles. The van der Waals surface area contributed by atoms with E-state index in [9.17, 15) is 4.79 Å². The maximum absolute atomic E-state index is 13.4. The molecule has 0 saturated carbocycles. The lowest BCUT2D eigenvalue weighted by Crippen LogP contribution is -2.38. The number of nitrogens with zero attached hydrogens (tertiary/aromatic N) is 4. The molecule has 1 heterocycles. The molecule has 5 nitrogen and oxygen atoms in total. The van der Waals surface area contributed by atoms with Gasteiger partial charge in [0.25, 0.3) is 5.91 Å². The van der Waals surface area contributed by atoms with Gasteiger partial charge in [-0.15, -0.1) is 0 Å². The number of rotatable bonds is 8. The van der Waals surface area contributed by atoms with Crippen LogP contribution in [0.2, 0.25) is 0 Å². The Morgan fingerprint density at radius 3 is 2.28 bits per heavy atom. The highest BCUT2D eigenvalue weighted by Crippen LogP contribution is 2.31. The quantitative estimate of drug-likeness (QED) is 0.541. The number of amides is 1. The smallest absolute Gasteiger partial charge is 0.260 e. The Labute approximate surface area is 177 Å². The molecule has 6 heteroatoms. The van der Waals surface area contributed by atoms with Crippen LogP contribution in [0.4, 0.5) is 10.8 Å². The second-order valence-electron chi connectivity index (χ2n) is 7.34. The molecule has 1 amide bonds. The molecule has 0 unspecified atom stereocenters. The lowest BCUT2D eigenvalue weighted by atomic mass is 10.1. The van der Waals surface area contributed by atoms with Crippen LogP contribution in [0.25, 0.3) is 10.2 Å². The summed E-state index contributed by atoms with van der Waals surface area (Å²) in [7, 11) is 3.99. The molecule has 0 aliphatic carbocycles. The van der Waals surface area contributed by atoms with Crippen molar-refractivity contribution < 1.29 is 4.79 Å². The van der Waals surface area contributed by atoms with E-state index < -0.39 is 0 Å². The van der Waals surface area contributed by atoms with Crippen molar-refractivity contribution in [2.75, 3.05) is 50.1 Å². The second-order valence-corrected chi connectivity index (χ2v) is 8.35. The number of para-hydroxylation sites is 1. The van der Waals surface area contributed by atoms with Gasteiger partial charge in [-0.3, -0.25) is 9.69 Å². The first-order valence-corrected chi connectivity index (χ1v) is 10.9. The van der Waals surface area contributed by atoms with Crippen molar-refractivity contribution in [3.8, 4) is 0 Å². The van der Waals surface area contributed by atoms with Gasteiger partial charge in [0.1, 0.15) is 0 Å². The van der Waals surface area contributed by atoms with Crippen LogP contribution in [-0.4, -0.2) is 56.1 Å². The van der Waals surface area contributed by atoms with Crippen molar-refractivity contribution in [1.29, 1.82) is 0 Å². The summed E-state index contributed by atoms with van der Waals surface area (Å²) in [6, 6.07) is 14.0. The number of aromatic nitrogens is 1. The van der Waals surface area contributed by atoms with Crippen molar-refractivity contribution in [3.63, 3.8) is 0 Å². The van der Waals surface area contributed by atoms with Gasteiger partial charge in [0.2, 0.25) is 0 Å². The number of likely N-dealkylation sites (N-methyl/N-ethyl adjacent to an activating group) is 1. The van der Waals surface area contributed by atoms with Crippen LogP contribution in [0.15, 0.2) is 42.5 Å². The van der Waals surface area contributed by atoms with Gasteiger partial charge in [-0.25, -0.2) is 4.98 Å². The number of thiazole rings is 1. The summed E-state index contributed by atoms with van der Waals surface area (Å²) >= 11 is 1.58. The Morgan fingerprint density at radius 1 is 1.00 bits per heavy atom. The van der Waals surface area contributed by atoms with Gasteiger partial charge >= 0.3 is 0 Å². The van der Waals surface area contributed by atoms with E-state index in [0.717, 1.165) is 46.2 Å². The van der Waals surface area contributed by atoms with Crippen molar-refractivity contribution in [2.24, 2.45) is 0 Å². The van der Waals surface area contributed by atoms with Gasteiger partial charge in [-0.2, -0.15) is 0 Å².